The van der Waals surface area contributed by atoms with Crippen LogP contribution in [-0.2, 0) is 11.3 Å². The number of hydrogen-bond acceptors (Lipinski definition) is 1. The Hall–Kier alpha value is -1.31. The monoisotopic (exact) mass is 229 g/mol. The molecule has 0 radical (unpaired) electrons. The first-order valence-corrected chi connectivity index (χ1v) is 6.66. The molecular weight excluding hydrogens is 210 g/mol. The highest BCUT2D eigenvalue weighted by molar-refractivity contribution is 5.77. The van der Waals surface area contributed by atoms with E-state index in [1.54, 1.807) is 0 Å². The van der Waals surface area contributed by atoms with Gasteiger partial charge in [0.2, 0.25) is 5.91 Å². The Bertz CT molecular complexity index is 401. The largest absolute Gasteiger partial charge is 0.335 e. The molecule has 1 amide bonds. The molecule has 2 nitrogen and oxygen atoms in total. The zero-order valence-corrected chi connectivity index (χ0v) is 10.1. The summed E-state index contributed by atoms with van der Waals surface area (Å²) in [7, 11) is 0. The second-order valence-electron chi connectivity index (χ2n) is 5.40. The standard InChI is InChI=1S/C15H19NO/c17-15-10-13-7-4-8-14(9-13)16(15)11-12-5-2-1-3-6-12/h1-3,5-6,13-14H,4,7-11H2. The van der Waals surface area contributed by atoms with Gasteiger partial charge in [-0.2, -0.15) is 0 Å². The predicted octanol–water partition coefficient (Wildman–Crippen LogP) is 2.98. The number of benzene rings is 1. The van der Waals surface area contributed by atoms with E-state index in [9.17, 15) is 4.79 Å². The molecule has 1 aromatic carbocycles. The van der Waals surface area contributed by atoms with Gasteiger partial charge in [-0.3, -0.25) is 4.79 Å². The lowest BCUT2D eigenvalue weighted by Crippen LogP contribution is -2.47. The Labute approximate surface area is 103 Å². The minimum atomic E-state index is 0.370. The zero-order valence-electron chi connectivity index (χ0n) is 10.1. The van der Waals surface area contributed by atoms with Crippen molar-refractivity contribution in [2.75, 3.05) is 0 Å². The van der Waals surface area contributed by atoms with Crippen molar-refractivity contribution in [1.29, 1.82) is 0 Å². The van der Waals surface area contributed by atoms with Crippen LogP contribution in [0.15, 0.2) is 30.3 Å². The third kappa shape index (κ3) is 2.21. The highest BCUT2D eigenvalue weighted by atomic mass is 16.2. The molecule has 3 rings (SSSR count). The molecule has 0 N–H and O–H groups in total. The van der Waals surface area contributed by atoms with Gasteiger partial charge in [-0.1, -0.05) is 36.8 Å². The number of amides is 1. The molecule has 2 aliphatic rings. The van der Waals surface area contributed by atoms with Crippen molar-refractivity contribution < 1.29 is 4.79 Å². The van der Waals surface area contributed by atoms with Crippen LogP contribution >= 0.6 is 0 Å². The number of fused-ring (bicyclic) bond motifs is 2. The molecule has 2 fully saturated rings. The fourth-order valence-corrected chi connectivity index (χ4v) is 3.30. The van der Waals surface area contributed by atoms with Crippen LogP contribution in [0.2, 0.25) is 0 Å². The Morgan fingerprint density at radius 2 is 2.00 bits per heavy atom. The molecule has 1 heterocycles. The molecule has 1 saturated heterocycles. The van der Waals surface area contributed by atoms with Gasteiger partial charge in [-0.25, -0.2) is 0 Å². The van der Waals surface area contributed by atoms with Gasteiger partial charge >= 0.3 is 0 Å². The molecule has 2 bridgehead atoms. The summed E-state index contributed by atoms with van der Waals surface area (Å²) in [6, 6.07) is 10.9. The molecule has 2 atom stereocenters. The summed E-state index contributed by atoms with van der Waals surface area (Å²) in [5.41, 5.74) is 1.25. The molecule has 1 aliphatic heterocycles. The van der Waals surface area contributed by atoms with E-state index in [0.717, 1.165) is 13.0 Å². The van der Waals surface area contributed by atoms with E-state index in [2.05, 4.69) is 17.0 Å². The average Bonchev–Trinajstić information content (AvgIpc) is 2.36. The molecule has 90 valence electrons. The van der Waals surface area contributed by atoms with E-state index in [-0.39, 0.29) is 0 Å². The molecule has 0 aromatic heterocycles. The number of hydrogen-bond donors (Lipinski definition) is 0. The van der Waals surface area contributed by atoms with Crippen LogP contribution in [0.25, 0.3) is 0 Å². The molecule has 1 aromatic rings. The van der Waals surface area contributed by atoms with Crippen LogP contribution in [0.1, 0.15) is 37.7 Å². The molecule has 2 unspecified atom stereocenters. The van der Waals surface area contributed by atoms with Gasteiger partial charge in [0.15, 0.2) is 0 Å². The lowest BCUT2D eigenvalue weighted by molar-refractivity contribution is -0.141. The number of piperidine rings is 1. The Morgan fingerprint density at radius 1 is 1.18 bits per heavy atom. The van der Waals surface area contributed by atoms with Crippen LogP contribution in [0, 0.1) is 5.92 Å². The van der Waals surface area contributed by atoms with Crippen molar-refractivity contribution in [2.45, 2.75) is 44.7 Å². The number of carbonyl (C=O) groups is 1. The van der Waals surface area contributed by atoms with Gasteiger partial charge < -0.3 is 4.90 Å². The molecular formula is C15H19NO. The summed E-state index contributed by atoms with van der Waals surface area (Å²) in [5.74, 6) is 1.04. The van der Waals surface area contributed by atoms with Gasteiger partial charge in [0.05, 0.1) is 0 Å². The fraction of sp³-hybridized carbons (Fsp3) is 0.533. The lowest BCUT2D eigenvalue weighted by atomic mass is 9.79. The number of nitrogens with zero attached hydrogens (tertiary/aromatic N) is 1. The highest BCUT2D eigenvalue weighted by Gasteiger charge is 2.35. The number of likely N-dealkylation sites (tertiary alicyclic amines) is 1. The van der Waals surface area contributed by atoms with Crippen molar-refractivity contribution in [3.8, 4) is 0 Å². The summed E-state index contributed by atoms with van der Waals surface area (Å²) < 4.78 is 0. The number of rotatable bonds is 2. The van der Waals surface area contributed by atoms with Gasteiger partial charge in [0.1, 0.15) is 0 Å². The minimum absolute atomic E-state index is 0.370. The van der Waals surface area contributed by atoms with E-state index < -0.39 is 0 Å². The van der Waals surface area contributed by atoms with Crippen LogP contribution < -0.4 is 0 Å². The maximum Gasteiger partial charge on any atom is 0.223 e. The van der Waals surface area contributed by atoms with E-state index in [1.165, 1.54) is 31.2 Å². The second-order valence-corrected chi connectivity index (χ2v) is 5.40. The second kappa shape index (κ2) is 4.52. The third-order valence-electron chi connectivity index (χ3n) is 4.18. The third-order valence-corrected chi connectivity index (χ3v) is 4.18. The maximum absolute atomic E-state index is 12.1. The molecule has 1 saturated carbocycles. The summed E-state index contributed by atoms with van der Waals surface area (Å²) >= 11 is 0. The Balaban J connectivity index is 1.75. The van der Waals surface area contributed by atoms with Crippen LogP contribution in [-0.4, -0.2) is 16.8 Å². The maximum atomic E-state index is 12.1. The Kier molecular flexibility index (Phi) is 2.87. The first-order chi connectivity index (χ1) is 8.33. The fourth-order valence-electron chi connectivity index (χ4n) is 3.30. The molecule has 1 aliphatic carbocycles. The average molecular weight is 229 g/mol. The quantitative estimate of drug-likeness (QED) is 0.763. The van der Waals surface area contributed by atoms with Crippen LogP contribution in [0.3, 0.4) is 0 Å². The summed E-state index contributed by atoms with van der Waals surface area (Å²) in [6.07, 6.45) is 5.78. The van der Waals surface area contributed by atoms with Crippen molar-refractivity contribution in [2.24, 2.45) is 5.92 Å². The summed E-state index contributed by atoms with van der Waals surface area (Å²) in [4.78, 5) is 14.3. The molecule has 2 heteroatoms. The predicted molar refractivity (Wildman–Crippen MR) is 67.4 cm³/mol. The van der Waals surface area contributed by atoms with Crippen LogP contribution in [0.5, 0.6) is 0 Å². The first kappa shape index (κ1) is 10.8. The van der Waals surface area contributed by atoms with Gasteiger partial charge in [-0.05, 0) is 30.7 Å². The van der Waals surface area contributed by atoms with Crippen molar-refractivity contribution >= 4 is 5.91 Å². The van der Waals surface area contributed by atoms with Gasteiger partial charge in [-0.15, -0.1) is 0 Å². The lowest BCUT2D eigenvalue weighted by Gasteiger charge is -2.42. The van der Waals surface area contributed by atoms with Gasteiger partial charge in [0.25, 0.3) is 0 Å². The first-order valence-electron chi connectivity index (χ1n) is 6.66. The van der Waals surface area contributed by atoms with E-state index in [0.29, 0.717) is 17.9 Å². The number of carbonyl (C=O) groups excluding carboxylic acids is 1. The Morgan fingerprint density at radius 3 is 2.82 bits per heavy atom. The smallest absolute Gasteiger partial charge is 0.223 e. The van der Waals surface area contributed by atoms with Crippen molar-refractivity contribution in [3.63, 3.8) is 0 Å². The van der Waals surface area contributed by atoms with Crippen molar-refractivity contribution in [1.82, 2.24) is 4.90 Å². The van der Waals surface area contributed by atoms with E-state index in [1.807, 2.05) is 18.2 Å². The normalized spacial score (nSPS) is 28.2. The van der Waals surface area contributed by atoms with E-state index >= 15 is 0 Å². The molecule has 17 heavy (non-hydrogen) atoms. The van der Waals surface area contributed by atoms with Crippen molar-refractivity contribution in [3.05, 3.63) is 35.9 Å². The minimum Gasteiger partial charge on any atom is -0.335 e. The topological polar surface area (TPSA) is 20.3 Å². The highest BCUT2D eigenvalue weighted by Crippen LogP contribution is 2.35. The van der Waals surface area contributed by atoms with Crippen LogP contribution in [0.4, 0.5) is 0 Å². The zero-order chi connectivity index (χ0) is 11.7. The van der Waals surface area contributed by atoms with Gasteiger partial charge in [0, 0.05) is 19.0 Å². The summed E-state index contributed by atoms with van der Waals surface area (Å²) in [5, 5.41) is 0. The summed E-state index contributed by atoms with van der Waals surface area (Å²) in [6.45, 7) is 0.803. The van der Waals surface area contributed by atoms with E-state index in [4.69, 9.17) is 0 Å². The molecule has 0 spiro atoms. The SMILES string of the molecule is O=C1CC2CCCC(C2)N1Cc1ccccc1.